The third-order valence-electron chi connectivity index (χ3n) is 4.21. The lowest BCUT2D eigenvalue weighted by molar-refractivity contribution is -0.127. The molecule has 0 radical (unpaired) electrons. The fraction of sp³-hybridized carbons (Fsp3) is 0.312. The number of aromatic nitrogens is 1. The molecule has 0 spiro atoms. The van der Waals surface area contributed by atoms with Gasteiger partial charge >= 0.3 is 0 Å². The van der Waals surface area contributed by atoms with Crippen LogP contribution in [0.1, 0.15) is 28.8 Å². The van der Waals surface area contributed by atoms with Gasteiger partial charge in [-0.1, -0.05) is 6.58 Å². The van der Waals surface area contributed by atoms with E-state index in [1.54, 1.807) is 23.5 Å². The highest BCUT2D eigenvalue weighted by Gasteiger charge is 2.22. The largest absolute Gasteiger partial charge is 0.366 e. The molecule has 0 aliphatic carbocycles. The van der Waals surface area contributed by atoms with Crippen molar-refractivity contribution in [1.82, 2.24) is 15.2 Å². The molecule has 1 aromatic heterocycles. The second-order valence-electron chi connectivity index (χ2n) is 5.74. The summed E-state index contributed by atoms with van der Waals surface area (Å²) in [4.78, 5) is 32.1. The first-order valence-electron chi connectivity index (χ1n) is 7.78. The third-order valence-corrected chi connectivity index (χ3v) is 4.21. The molecule has 5 N–H and O–H groups in total. The summed E-state index contributed by atoms with van der Waals surface area (Å²) in [5.74, 6) is 0.815. The van der Waals surface area contributed by atoms with Gasteiger partial charge in [-0.25, -0.2) is 4.99 Å². The Morgan fingerprint density at radius 2 is 2.17 bits per heavy atom. The molecule has 3 heterocycles. The molecule has 1 saturated heterocycles. The van der Waals surface area contributed by atoms with Gasteiger partial charge < -0.3 is 26.3 Å². The molecular weight excluding hydrogens is 308 g/mol. The standard InChI is InChI=1S/C16H20N6O2/c1-2-14(23)22-5-3-10(4-6-22)21-13-9-20-16-12(8-18-13)11(7-19-16)15(17)24/h2,7-10,19-21H,1,3-6H2,(H2,17,24). The van der Waals surface area contributed by atoms with Gasteiger partial charge in [0.05, 0.1) is 5.56 Å². The zero-order chi connectivity index (χ0) is 17.1. The van der Waals surface area contributed by atoms with Crippen molar-refractivity contribution in [2.24, 2.45) is 10.7 Å². The van der Waals surface area contributed by atoms with Gasteiger partial charge in [0.15, 0.2) is 0 Å². The van der Waals surface area contributed by atoms with E-state index in [9.17, 15) is 9.59 Å². The molecule has 3 rings (SSSR count). The number of hydrogen-bond donors (Lipinski definition) is 4. The number of nitrogens with one attached hydrogen (secondary N) is 3. The molecular formula is C16H20N6O2. The van der Waals surface area contributed by atoms with Crippen molar-refractivity contribution >= 4 is 23.8 Å². The zero-order valence-corrected chi connectivity index (χ0v) is 13.2. The summed E-state index contributed by atoms with van der Waals surface area (Å²) in [5.41, 5.74) is 6.38. The van der Waals surface area contributed by atoms with E-state index < -0.39 is 5.91 Å². The van der Waals surface area contributed by atoms with Crippen LogP contribution in [0.15, 0.2) is 35.9 Å². The molecule has 8 heteroatoms. The quantitative estimate of drug-likeness (QED) is 0.603. The maximum Gasteiger partial charge on any atom is 0.250 e. The average molecular weight is 328 g/mol. The Morgan fingerprint density at radius 1 is 1.42 bits per heavy atom. The molecule has 126 valence electrons. The van der Waals surface area contributed by atoms with E-state index in [2.05, 4.69) is 27.2 Å². The van der Waals surface area contributed by atoms with Gasteiger partial charge in [0.1, 0.15) is 11.6 Å². The minimum atomic E-state index is -0.503. The van der Waals surface area contributed by atoms with Gasteiger partial charge in [0.25, 0.3) is 5.91 Å². The van der Waals surface area contributed by atoms with E-state index in [0.29, 0.717) is 35.9 Å². The van der Waals surface area contributed by atoms with Crippen LogP contribution in [0.4, 0.5) is 5.82 Å². The van der Waals surface area contributed by atoms with Gasteiger partial charge in [0, 0.05) is 43.3 Å². The van der Waals surface area contributed by atoms with Crippen LogP contribution in [0.2, 0.25) is 0 Å². The van der Waals surface area contributed by atoms with Crippen LogP contribution >= 0.6 is 0 Å². The molecule has 2 aliphatic rings. The lowest BCUT2D eigenvalue weighted by Gasteiger charge is -2.32. The number of piperidine rings is 1. The smallest absolute Gasteiger partial charge is 0.250 e. The van der Waals surface area contributed by atoms with Crippen molar-refractivity contribution in [2.45, 2.75) is 18.9 Å². The van der Waals surface area contributed by atoms with Crippen molar-refractivity contribution in [3.05, 3.63) is 42.0 Å². The Labute approximate surface area is 139 Å². The number of H-pyrrole nitrogens is 1. The lowest BCUT2D eigenvalue weighted by atomic mass is 10.1. The molecule has 0 saturated carbocycles. The summed E-state index contributed by atoms with van der Waals surface area (Å²) in [6.07, 6.45) is 7.94. The Balaban J connectivity index is 1.62. The number of fused-ring (bicyclic) bond motifs is 1. The number of aromatic amines is 1. The molecule has 2 aliphatic heterocycles. The Bertz CT molecular complexity index is 725. The van der Waals surface area contributed by atoms with Crippen LogP contribution in [-0.2, 0) is 4.79 Å². The molecule has 0 atom stereocenters. The number of anilines is 1. The van der Waals surface area contributed by atoms with Crippen molar-refractivity contribution in [3.8, 4) is 0 Å². The minimum absolute atomic E-state index is 0.0284. The molecule has 1 aromatic rings. The zero-order valence-electron chi connectivity index (χ0n) is 13.2. The van der Waals surface area contributed by atoms with Gasteiger partial charge in [0.2, 0.25) is 5.91 Å². The molecule has 0 bridgehead atoms. The molecule has 24 heavy (non-hydrogen) atoms. The number of rotatable bonds is 4. The van der Waals surface area contributed by atoms with Crippen molar-refractivity contribution in [3.63, 3.8) is 0 Å². The van der Waals surface area contributed by atoms with E-state index in [-0.39, 0.29) is 11.9 Å². The van der Waals surface area contributed by atoms with Gasteiger partial charge in [-0.05, 0) is 18.9 Å². The fourth-order valence-electron chi connectivity index (χ4n) is 2.87. The highest BCUT2D eigenvalue weighted by atomic mass is 16.2. The summed E-state index contributed by atoms with van der Waals surface area (Å²) >= 11 is 0. The predicted molar refractivity (Wildman–Crippen MR) is 91.5 cm³/mol. The number of nitrogens with two attached hydrogens (primary N) is 1. The Kier molecular flexibility index (Phi) is 4.37. The fourth-order valence-corrected chi connectivity index (χ4v) is 2.87. The highest BCUT2D eigenvalue weighted by Crippen LogP contribution is 2.20. The number of hydrogen-bond acceptors (Lipinski definition) is 5. The highest BCUT2D eigenvalue weighted by molar-refractivity contribution is 6.05. The number of likely N-dealkylation sites (tertiary alicyclic amines) is 1. The summed E-state index contributed by atoms with van der Waals surface area (Å²) < 4.78 is 0. The average Bonchev–Trinajstić information content (AvgIpc) is 2.90. The summed E-state index contributed by atoms with van der Waals surface area (Å²) in [6, 6.07) is 0.233. The first kappa shape index (κ1) is 15.9. The third kappa shape index (κ3) is 3.17. The lowest BCUT2D eigenvalue weighted by Crippen LogP contribution is -2.44. The SMILES string of the molecule is C=CC(=O)N1CCC(NC2=CNc3[nH]cc(C(N)=O)c3C=N2)CC1. The minimum Gasteiger partial charge on any atom is -0.366 e. The molecule has 0 unspecified atom stereocenters. The summed E-state index contributed by atoms with van der Waals surface area (Å²) in [6.45, 7) is 4.90. The van der Waals surface area contributed by atoms with E-state index in [0.717, 1.165) is 12.8 Å². The summed E-state index contributed by atoms with van der Waals surface area (Å²) in [7, 11) is 0. The van der Waals surface area contributed by atoms with Gasteiger partial charge in [-0.2, -0.15) is 0 Å². The monoisotopic (exact) mass is 328 g/mol. The molecule has 1 fully saturated rings. The Hall–Kier alpha value is -3.03. The maximum atomic E-state index is 11.6. The number of nitrogens with zero attached hydrogens (tertiary/aromatic N) is 2. The number of aliphatic imine (C=N–C) groups is 1. The van der Waals surface area contributed by atoms with Crippen LogP contribution in [-0.4, -0.2) is 47.0 Å². The topological polar surface area (TPSA) is 116 Å². The second-order valence-corrected chi connectivity index (χ2v) is 5.74. The van der Waals surface area contributed by atoms with E-state index in [1.165, 1.54) is 6.08 Å². The molecule has 0 aromatic carbocycles. The van der Waals surface area contributed by atoms with Crippen LogP contribution < -0.4 is 16.4 Å². The second kappa shape index (κ2) is 6.61. The molecule has 8 nitrogen and oxygen atoms in total. The van der Waals surface area contributed by atoms with Crippen LogP contribution in [0.3, 0.4) is 0 Å². The number of carbonyl (C=O) groups excluding carboxylic acids is 2. The van der Waals surface area contributed by atoms with Crippen LogP contribution in [0.5, 0.6) is 0 Å². The normalized spacial score (nSPS) is 17.3. The molecule has 2 amide bonds. The van der Waals surface area contributed by atoms with Gasteiger partial charge in [-0.15, -0.1) is 0 Å². The van der Waals surface area contributed by atoms with E-state index >= 15 is 0 Å². The summed E-state index contributed by atoms with van der Waals surface area (Å²) in [5, 5.41) is 6.44. The maximum absolute atomic E-state index is 11.6. The first-order chi connectivity index (χ1) is 11.6. The van der Waals surface area contributed by atoms with E-state index in [1.807, 2.05) is 0 Å². The van der Waals surface area contributed by atoms with Crippen LogP contribution in [0.25, 0.3) is 0 Å². The van der Waals surface area contributed by atoms with Gasteiger partial charge in [-0.3, -0.25) is 9.59 Å². The van der Waals surface area contributed by atoms with Crippen molar-refractivity contribution in [1.29, 1.82) is 0 Å². The number of amides is 2. The number of primary amides is 1. The van der Waals surface area contributed by atoms with E-state index in [4.69, 9.17) is 5.73 Å². The first-order valence-corrected chi connectivity index (χ1v) is 7.78. The van der Waals surface area contributed by atoms with Crippen molar-refractivity contribution in [2.75, 3.05) is 18.4 Å². The number of carbonyl (C=O) groups is 2. The van der Waals surface area contributed by atoms with Crippen LogP contribution in [0, 0.1) is 0 Å². The predicted octanol–water partition coefficient (Wildman–Crippen LogP) is 0.524. The Morgan fingerprint density at radius 3 is 2.83 bits per heavy atom. The van der Waals surface area contributed by atoms with Crippen molar-refractivity contribution < 1.29 is 9.59 Å².